The van der Waals surface area contributed by atoms with E-state index in [9.17, 15) is 9.59 Å². The second-order valence-electron chi connectivity index (χ2n) is 7.40. The van der Waals surface area contributed by atoms with E-state index in [2.05, 4.69) is 19.1 Å². The van der Waals surface area contributed by atoms with Crippen LogP contribution in [-0.4, -0.2) is 39.5 Å². The third kappa shape index (κ3) is 22.7. The van der Waals surface area contributed by atoms with Gasteiger partial charge in [0, 0.05) is 6.42 Å². The number of aliphatic carboxylic acids is 1. The molecule has 0 spiro atoms. The first-order chi connectivity index (χ1) is 14.1. The molecule has 5 heteroatoms. The molecule has 0 heterocycles. The summed E-state index contributed by atoms with van der Waals surface area (Å²) >= 11 is 0. The average Bonchev–Trinajstić information content (AvgIpc) is 2.72. The Morgan fingerprint density at radius 2 is 1.20 bits per heavy atom. The minimum absolute atomic E-state index is 0. The lowest BCUT2D eigenvalue weighted by Gasteiger charge is -1.99. The van der Waals surface area contributed by atoms with Crippen molar-refractivity contribution in [2.75, 3.05) is 0 Å². The lowest BCUT2D eigenvalue weighted by Crippen LogP contribution is -1.93. The number of hydrogen-bond donors (Lipinski definition) is 2. The van der Waals surface area contributed by atoms with E-state index in [1.165, 1.54) is 70.6 Å². The minimum Gasteiger partial charge on any atom is -0.481 e. The number of aromatic carboxylic acids is 1. The van der Waals surface area contributed by atoms with Gasteiger partial charge in [-0.1, -0.05) is 88.6 Å². The van der Waals surface area contributed by atoms with Crippen molar-refractivity contribution in [3.05, 3.63) is 48.0 Å². The lowest BCUT2D eigenvalue weighted by atomic mass is 10.1. The fourth-order valence-corrected chi connectivity index (χ4v) is 2.93. The van der Waals surface area contributed by atoms with E-state index in [1.807, 2.05) is 0 Å². The van der Waals surface area contributed by atoms with E-state index >= 15 is 0 Å². The quantitative estimate of drug-likeness (QED) is 0.182. The maximum atomic E-state index is 10.3. The van der Waals surface area contributed by atoms with Gasteiger partial charge in [0.05, 0.1) is 5.56 Å². The molecule has 0 bridgehead atoms. The summed E-state index contributed by atoms with van der Waals surface area (Å²) < 4.78 is 0. The Balaban J connectivity index is 0. The summed E-state index contributed by atoms with van der Waals surface area (Å²) in [6.45, 7) is 2.26. The van der Waals surface area contributed by atoms with Crippen molar-refractivity contribution in [1.29, 1.82) is 0 Å². The van der Waals surface area contributed by atoms with Crippen LogP contribution in [0.15, 0.2) is 42.5 Å². The molecule has 0 saturated heterocycles. The summed E-state index contributed by atoms with van der Waals surface area (Å²) in [5.41, 5.74) is 0.331. The van der Waals surface area contributed by atoms with Crippen molar-refractivity contribution in [2.24, 2.45) is 0 Å². The number of hydrogen-bond acceptors (Lipinski definition) is 2. The Kier molecular flexibility index (Phi) is 24.2. The molecule has 0 unspecified atom stereocenters. The molecule has 4 nitrogen and oxygen atoms in total. The summed E-state index contributed by atoms with van der Waals surface area (Å²) in [5.74, 6) is -1.54. The van der Waals surface area contributed by atoms with Gasteiger partial charge in [-0.3, -0.25) is 4.79 Å². The maximum absolute atomic E-state index is 10.3. The van der Waals surface area contributed by atoms with Gasteiger partial charge in [0.15, 0.2) is 17.4 Å². The number of allylic oxidation sites excluding steroid dienone is 2. The number of carbonyl (C=O) groups is 2. The zero-order valence-electron chi connectivity index (χ0n) is 18.2. The van der Waals surface area contributed by atoms with Crippen LogP contribution in [0.5, 0.6) is 0 Å². The van der Waals surface area contributed by atoms with Crippen molar-refractivity contribution in [1.82, 2.24) is 0 Å². The highest BCUT2D eigenvalue weighted by molar-refractivity contribution is 5.87. The molecule has 0 atom stereocenters. The van der Waals surface area contributed by atoms with Crippen LogP contribution in [0.25, 0.3) is 0 Å². The van der Waals surface area contributed by atoms with Crippen molar-refractivity contribution in [3.63, 3.8) is 0 Å². The molecule has 0 aliphatic carbocycles. The van der Waals surface area contributed by atoms with E-state index < -0.39 is 11.9 Å². The van der Waals surface area contributed by atoms with Gasteiger partial charge in [-0.15, -0.1) is 0 Å². The first kappa shape index (κ1) is 30.6. The van der Waals surface area contributed by atoms with E-state index in [4.69, 9.17) is 10.2 Å². The van der Waals surface area contributed by atoms with E-state index in [0.717, 1.165) is 12.8 Å². The number of rotatable bonds is 16. The van der Waals surface area contributed by atoms with Gasteiger partial charge >= 0.3 is 11.9 Å². The number of benzene rings is 1. The summed E-state index contributed by atoms with van der Waals surface area (Å²) in [7, 11) is 0. The monoisotopic (exact) mass is 434 g/mol. The predicted octanol–water partition coefficient (Wildman–Crippen LogP) is 6.31. The molecular formula is C25H43AlO4. The van der Waals surface area contributed by atoms with Crippen molar-refractivity contribution in [2.45, 2.75) is 96.8 Å². The summed E-state index contributed by atoms with van der Waals surface area (Å²) in [6, 6.07) is 8.30. The highest BCUT2D eigenvalue weighted by Gasteiger charge is 1.97. The molecule has 1 rings (SSSR count). The molecule has 170 valence electrons. The van der Waals surface area contributed by atoms with Crippen molar-refractivity contribution < 1.29 is 19.8 Å². The van der Waals surface area contributed by atoms with E-state index in [-0.39, 0.29) is 17.4 Å². The van der Waals surface area contributed by atoms with Gasteiger partial charge in [0.25, 0.3) is 0 Å². The largest absolute Gasteiger partial charge is 0.481 e. The zero-order chi connectivity index (χ0) is 21.6. The maximum Gasteiger partial charge on any atom is 0.335 e. The SMILES string of the molecule is CCCCCCCC/C=C\CCCCCCCC(=O)O.O=C(O)c1ccccc1.[AlH3]. The highest BCUT2D eigenvalue weighted by Crippen LogP contribution is 2.09. The topological polar surface area (TPSA) is 74.6 Å². The lowest BCUT2D eigenvalue weighted by molar-refractivity contribution is -0.137. The normalized spacial score (nSPS) is 10.2. The molecule has 1 aromatic rings. The second-order valence-corrected chi connectivity index (χ2v) is 7.40. The average molecular weight is 435 g/mol. The molecule has 0 saturated carbocycles. The Morgan fingerprint density at radius 1 is 0.733 bits per heavy atom. The van der Waals surface area contributed by atoms with Crippen LogP contribution in [-0.2, 0) is 4.79 Å². The fourth-order valence-electron chi connectivity index (χ4n) is 2.93. The van der Waals surface area contributed by atoms with Gasteiger partial charge < -0.3 is 10.2 Å². The smallest absolute Gasteiger partial charge is 0.335 e. The number of unbranched alkanes of at least 4 members (excludes halogenated alkanes) is 11. The minimum atomic E-state index is -0.879. The Labute approximate surface area is 193 Å². The number of carboxylic acid groups (broad SMARTS) is 2. The molecule has 1 aromatic carbocycles. The van der Waals surface area contributed by atoms with Crippen molar-refractivity contribution >= 4 is 29.3 Å². The first-order valence-electron chi connectivity index (χ1n) is 11.2. The standard InChI is InChI=1S/C18H34O2.C7H6O2.Al.3H/c1-2-3-4-5-6-7-8-9-10-11-12-13-14-15-16-17-18(19)20;8-7(9)6-4-2-1-3-5-6;;;;/h9-10H,2-8,11-17H2,1H3,(H,19,20);1-5H,(H,8,9);;;;/b10-9-;;;;;. The van der Waals surface area contributed by atoms with Gasteiger partial charge in [-0.25, -0.2) is 4.79 Å². The van der Waals surface area contributed by atoms with E-state index in [1.54, 1.807) is 30.3 Å². The Bertz CT molecular complexity index is 543. The van der Waals surface area contributed by atoms with Crippen LogP contribution in [0.1, 0.15) is 107 Å². The van der Waals surface area contributed by atoms with Crippen LogP contribution < -0.4 is 0 Å². The Hall–Kier alpha value is -1.57. The molecule has 0 radical (unpaired) electrons. The third-order valence-electron chi connectivity index (χ3n) is 4.67. The van der Waals surface area contributed by atoms with Crippen molar-refractivity contribution in [3.8, 4) is 0 Å². The predicted molar refractivity (Wildman–Crippen MR) is 130 cm³/mol. The molecule has 0 aromatic heterocycles. The van der Waals surface area contributed by atoms with Gasteiger partial charge in [0.2, 0.25) is 0 Å². The molecular weight excluding hydrogens is 391 g/mol. The van der Waals surface area contributed by atoms with Crippen LogP contribution in [0.3, 0.4) is 0 Å². The van der Waals surface area contributed by atoms with Gasteiger partial charge in [0.1, 0.15) is 0 Å². The van der Waals surface area contributed by atoms with Gasteiger partial charge in [-0.2, -0.15) is 0 Å². The van der Waals surface area contributed by atoms with Crippen LogP contribution in [0.2, 0.25) is 0 Å². The van der Waals surface area contributed by atoms with Gasteiger partial charge in [-0.05, 0) is 44.2 Å². The molecule has 30 heavy (non-hydrogen) atoms. The summed E-state index contributed by atoms with van der Waals surface area (Å²) in [6.07, 6.45) is 21.2. The zero-order valence-corrected chi connectivity index (χ0v) is 18.2. The molecule has 0 fully saturated rings. The summed E-state index contributed by atoms with van der Waals surface area (Å²) in [4.78, 5) is 20.5. The van der Waals surface area contributed by atoms with Crippen LogP contribution >= 0.6 is 0 Å². The summed E-state index contributed by atoms with van der Waals surface area (Å²) in [5, 5.41) is 16.9. The first-order valence-corrected chi connectivity index (χ1v) is 11.2. The van der Waals surface area contributed by atoms with E-state index in [0.29, 0.717) is 12.0 Å². The fraction of sp³-hybridized carbons (Fsp3) is 0.600. The number of carboxylic acids is 2. The highest BCUT2D eigenvalue weighted by atomic mass is 27.0. The molecule has 2 N–H and O–H groups in total. The third-order valence-corrected chi connectivity index (χ3v) is 4.67. The second kappa shape index (κ2) is 23.7. The molecule has 0 amide bonds. The van der Waals surface area contributed by atoms with Crippen LogP contribution in [0.4, 0.5) is 0 Å². The molecule has 0 aliphatic heterocycles. The molecule has 0 aliphatic rings. The van der Waals surface area contributed by atoms with Crippen LogP contribution in [0, 0.1) is 0 Å². The Morgan fingerprint density at radius 3 is 1.63 bits per heavy atom.